The summed E-state index contributed by atoms with van der Waals surface area (Å²) in [4.78, 5) is 10.2. The second-order valence-electron chi connectivity index (χ2n) is 1.96. The van der Waals surface area contributed by atoms with Crippen molar-refractivity contribution < 1.29 is 9.90 Å². The molecule has 0 aliphatic heterocycles. The van der Waals surface area contributed by atoms with Gasteiger partial charge in [-0.25, -0.2) is 0 Å². The van der Waals surface area contributed by atoms with Crippen molar-refractivity contribution in [2.24, 2.45) is 5.92 Å². The normalized spacial score (nSPS) is 14.0. The summed E-state index contributed by atoms with van der Waals surface area (Å²) >= 11 is 0. The molecule has 1 atom stereocenters. The molecule has 0 aromatic heterocycles. The molecule has 0 aliphatic rings. The lowest BCUT2D eigenvalue weighted by molar-refractivity contribution is -0.139. The monoisotopic (exact) mass is 128 g/mol. The van der Waals surface area contributed by atoms with E-state index in [0.29, 0.717) is 0 Å². The van der Waals surface area contributed by atoms with Gasteiger partial charge in [-0.2, -0.15) is 0 Å². The van der Waals surface area contributed by atoms with Crippen molar-refractivity contribution in [1.82, 2.24) is 0 Å². The summed E-state index contributed by atoms with van der Waals surface area (Å²) in [5.41, 5.74) is 0. The minimum absolute atomic E-state index is 0.343. The second-order valence-corrected chi connectivity index (χ2v) is 1.96. The molecule has 0 rings (SSSR count). The van der Waals surface area contributed by atoms with Crippen molar-refractivity contribution in [3.8, 4) is 0 Å². The molecule has 0 aromatic carbocycles. The van der Waals surface area contributed by atoms with Crippen LogP contribution in [0.3, 0.4) is 0 Å². The van der Waals surface area contributed by atoms with Crippen LogP contribution in [0, 0.1) is 5.92 Å². The van der Waals surface area contributed by atoms with Gasteiger partial charge in [0.25, 0.3) is 0 Å². The summed E-state index contributed by atoms with van der Waals surface area (Å²) in [5.74, 6) is -1.11. The zero-order chi connectivity index (χ0) is 7.28. The largest absolute Gasteiger partial charge is 0.481 e. The molecule has 0 saturated heterocycles. The third-order valence-corrected chi connectivity index (χ3v) is 1.05. The lowest BCUT2D eigenvalue weighted by atomic mass is 10.1. The van der Waals surface area contributed by atoms with E-state index in [0.717, 1.165) is 6.42 Å². The van der Waals surface area contributed by atoms with Crippen molar-refractivity contribution in [3.63, 3.8) is 0 Å². The molecule has 0 radical (unpaired) electrons. The first-order valence-electron chi connectivity index (χ1n) is 3.08. The summed E-state index contributed by atoms with van der Waals surface area (Å²) in [6.45, 7) is 3.64. The minimum atomic E-state index is -0.764. The van der Waals surface area contributed by atoms with Crippen LogP contribution >= 0.6 is 0 Å². The topological polar surface area (TPSA) is 37.3 Å². The van der Waals surface area contributed by atoms with Gasteiger partial charge in [-0.15, -0.1) is 0 Å². The molecule has 0 spiro atoms. The Morgan fingerprint density at radius 2 is 2.33 bits per heavy atom. The first-order valence-corrected chi connectivity index (χ1v) is 3.08. The van der Waals surface area contributed by atoms with Gasteiger partial charge in [0.1, 0.15) is 0 Å². The SMILES string of the molecule is CCC=CC(C)C(=O)O. The molecule has 0 aromatic rings. The smallest absolute Gasteiger partial charge is 0.310 e. The third kappa shape index (κ3) is 3.76. The molecule has 2 heteroatoms. The van der Waals surface area contributed by atoms with Crippen LogP contribution in [0.4, 0.5) is 0 Å². The molecule has 0 amide bonds. The Morgan fingerprint density at radius 1 is 1.78 bits per heavy atom. The fourth-order valence-corrected chi connectivity index (χ4v) is 0.423. The first-order chi connectivity index (χ1) is 4.18. The number of allylic oxidation sites excluding steroid dienone is 1. The van der Waals surface area contributed by atoms with Crippen LogP contribution in [-0.2, 0) is 4.79 Å². The van der Waals surface area contributed by atoms with E-state index in [1.165, 1.54) is 0 Å². The fraction of sp³-hybridized carbons (Fsp3) is 0.571. The van der Waals surface area contributed by atoms with E-state index in [4.69, 9.17) is 5.11 Å². The van der Waals surface area contributed by atoms with Crippen molar-refractivity contribution in [2.75, 3.05) is 0 Å². The summed E-state index contributed by atoms with van der Waals surface area (Å²) in [6, 6.07) is 0. The van der Waals surface area contributed by atoms with E-state index < -0.39 is 5.97 Å². The van der Waals surface area contributed by atoms with Crippen LogP contribution in [0.1, 0.15) is 20.3 Å². The highest BCUT2D eigenvalue weighted by atomic mass is 16.4. The van der Waals surface area contributed by atoms with Gasteiger partial charge >= 0.3 is 5.97 Å². The Bertz CT molecular complexity index is 116. The molecule has 0 aliphatic carbocycles. The summed E-state index contributed by atoms with van der Waals surface area (Å²) in [7, 11) is 0. The van der Waals surface area contributed by atoms with Crippen molar-refractivity contribution in [3.05, 3.63) is 12.2 Å². The molecule has 2 nitrogen and oxygen atoms in total. The number of aliphatic carboxylic acids is 1. The van der Waals surface area contributed by atoms with E-state index in [2.05, 4.69) is 0 Å². The van der Waals surface area contributed by atoms with Gasteiger partial charge in [0.15, 0.2) is 0 Å². The predicted octanol–water partition coefficient (Wildman–Crippen LogP) is 1.67. The van der Waals surface area contributed by atoms with E-state index >= 15 is 0 Å². The predicted molar refractivity (Wildman–Crippen MR) is 36.2 cm³/mol. The van der Waals surface area contributed by atoms with Crippen LogP contribution < -0.4 is 0 Å². The molecule has 1 N–H and O–H groups in total. The van der Waals surface area contributed by atoms with Gasteiger partial charge < -0.3 is 5.11 Å². The molecule has 1 unspecified atom stereocenters. The quantitative estimate of drug-likeness (QED) is 0.587. The van der Waals surface area contributed by atoms with Gasteiger partial charge in [-0.3, -0.25) is 4.79 Å². The maximum atomic E-state index is 10.2. The number of carbonyl (C=O) groups is 1. The van der Waals surface area contributed by atoms with Crippen molar-refractivity contribution in [2.45, 2.75) is 20.3 Å². The lowest BCUT2D eigenvalue weighted by Gasteiger charge is -1.94. The molecule has 0 fully saturated rings. The number of carboxylic acid groups (broad SMARTS) is 1. The van der Waals surface area contributed by atoms with E-state index in [9.17, 15) is 4.79 Å². The van der Waals surface area contributed by atoms with Crippen molar-refractivity contribution >= 4 is 5.97 Å². The average molecular weight is 128 g/mol. The van der Waals surface area contributed by atoms with Gasteiger partial charge in [0.05, 0.1) is 5.92 Å². The summed E-state index contributed by atoms with van der Waals surface area (Å²) in [6.07, 6.45) is 4.46. The lowest BCUT2D eigenvalue weighted by Crippen LogP contribution is -2.05. The van der Waals surface area contributed by atoms with Gasteiger partial charge in [0, 0.05) is 0 Å². The molecular weight excluding hydrogens is 116 g/mol. The Morgan fingerprint density at radius 3 is 2.67 bits per heavy atom. The standard InChI is InChI=1S/C7H12O2/c1-3-4-5-6(2)7(8)9/h4-6H,3H2,1-2H3,(H,8,9). The van der Waals surface area contributed by atoms with E-state index in [1.54, 1.807) is 13.0 Å². The third-order valence-electron chi connectivity index (χ3n) is 1.05. The molecule has 0 heterocycles. The first kappa shape index (κ1) is 8.21. The number of hydrogen-bond donors (Lipinski definition) is 1. The maximum Gasteiger partial charge on any atom is 0.310 e. The summed E-state index contributed by atoms with van der Waals surface area (Å²) < 4.78 is 0. The Labute approximate surface area is 55.2 Å². The highest BCUT2D eigenvalue weighted by Crippen LogP contribution is 1.96. The molecule has 0 saturated carbocycles. The molecular formula is C7H12O2. The maximum absolute atomic E-state index is 10.2. The molecule has 0 bridgehead atoms. The minimum Gasteiger partial charge on any atom is -0.481 e. The van der Waals surface area contributed by atoms with Crippen LogP contribution in [0.5, 0.6) is 0 Å². The van der Waals surface area contributed by atoms with Crippen molar-refractivity contribution in [1.29, 1.82) is 0 Å². The fourth-order valence-electron chi connectivity index (χ4n) is 0.423. The van der Waals surface area contributed by atoms with Crippen LogP contribution in [0.15, 0.2) is 12.2 Å². The molecule has 9 heavy (non-hydrogen) atoms. The Hall–Kier alpha value is -0.790. The van der Waals surface area contributed by atoms with E-state index in [-0.39, 0.29) is 5.92 Å². The number of hydrogen-bond acceptors (Lipinski definition) is 1. The Kier molecular flexibility index (Phi) is 3.76. The van der Waals surface area contributed by atoms with Crippen LogP contribution in [0.25, 0.3) is 0 Å². The highest BCUT2D eigenvalue weighted by molar-refractivity contribution is 5.71. The summed E-state index contributed by atoms with van der Waals surface area (Å²) in [5, 5.41) is 8.36. The Balaban J connectivity index is 3.62. The van der Waals surface area contributed by atoms with Crippen LogP contribution in [-0.4, -0.2) is 11.1 Å². The average Bonchev–Trinajstić information content (AvgIpc) is 1.82. The number of rotatable bonds is 3. The molecule has 52 valence electrons. The van der Waals surface area contributed by atoms with Crippen LogP contribution in [0.2, 0.25) is 0 Å². The van der Waals surface area contributed by atoms with Gasteiger partial charge in [-0.05, 0) is 13.3 Å². The van der Waals surface area contributed by atoms with Gasteiger partial charge in [0.2, 0.25) is 0 Å². The number of carboxylic acids is 1. The second kappa shape index (κ2) is 4.13. The zero-order valence-corrected chi connectivity index (χ0v) is 5.79. The van der Waals surface area contributed by atoms with Gasteiger partial charge in [-0.1, -0.05) is 19.1 Å². The zero-order valence-electron chi connectivity index (χ0n) is 5.79. The highest BCUT2D eigenvalue weighted by Gasteiger charge is 2.03. The van der Waals surface area contributed by atoms with E-state index in [1.807, 2.05) is 13.0 Å².